The van der Waals surface area contributed by atoms with Gasteiger partial charge in [0.1, 0.15) is 0 Å². The lowest BCUT2D eigenvalue weighted by Crippen LogP contribution is -2.40. The highest BCUT2D eigenvalue weighted by atomic mass is 16.3. The maximum absolute atomic E-state index is 9.88. The van der Waals surface area contributed by atoms with Gasteiger partial charge in [-0.2, -0.15) is 0 Å². The van der Waals surface area contributed by atoms with Gasteiger partial charge in [0, 0.05) is 11.5 Å². The Hall–Kier alpha value is -0.835. The molecule has 0 aromatic heterocycles. The van der Waals surface area contributed by atoms with E-state index in [1.165, 1.54) is 5.56 Å². The zero-order valence-electron chi connectivity index (χ0n) is 10.1. The molecule has 17 heavy (non-hydrogen) atoms. The van der Waals surface area contributed by atoms with Gasteiger partial charge in [-0.25, -0.2) is 0 Å². The summed E-state index contributed by atoms with van der Waals surface area (Å²) >= 11 is 0. The van der Waals surface area contributed by atoms with Gasteiger partial charge in [-0.15, -0.1) is 0 Å². The third-order valence-corrected chi connectivity index (χ3v) is 4.48. The fraction of sp³-hybridized carbons (Fsp3) is 0.538. The van der Waals surface area contributed by atoms with Gasteiger partial charge in [0.05, 0.1) is 6.61 Å². The molecule has 1 saturated carbocycles. The average Bonchev–Trinajstić information content (AvgIpc) is 2.96. The van der Waals surface area contributed by atoms with Crippen LogP contribution in [-0.2, 0) is 0 Å². The monoisotopic (exact) mass is 231 g/mol. The van der Waals surface area contributed by atoms with Crippen LogP contribution in [-0.4, -0.2) is 35.1 Å². The predicted octanol–water partition coefficient (Wildman–Crippen LogP) is 1.15. The largest absolute Gasteiger partial charge is 0.437 e. The maximum Gasteiger partial charge on any atom is 0.376 e. The van der Waals surface area contributed by atoms with Crippen LogP contribution in [0.15, 0.2) is 30.3 Å². The summed E-state index contributed by atoms with van der Waals surface area (Å²) in [7, 11) is -0.448. The minimum absolute atomic E-state index is 0.00164. The van der Waals surface area contributed by atoms with Gasteiger partial charge in [-0.3, -0.25) is 0 Å². The van der Waals surface area contributed by atoms with Crippen molar-refractivity contribution >= 4 is 7.05 Å². The molecule has 0 amide bonds. The van der Waals surface area contributed by atoms with Crippen molar-refractivity contribution in [1.29, 1.82) is 0 Å². The quantitative estimate of drug-likeness (QED) is 0.767. The first-order valence-corrected chi connectivity index (χ1v) is 6.28. The van der Waals surface area contributed by atoms with Crippen LogP contribution in [0.2, 0.25) is 6.82 Å². The Morgan fingerprint density at radius 1 is 1.41 bits per heavy atom. The molecule has 2 aliphatic rings. The van der Waals surface area contributed by atoms with Gasteiger partial charge in [-0.05, 0) is 31.3 Å². The number of aliphatic hydroxyl groups is 1. The molecule has 2 fully saturated rings. The molecule has 1 saturated heterocycles. The van der Waals surface area contributed by atoms with Crippen LogP contribution in [0.1, 0.15) is 18.0 Å². The lowest BCUT2D eigenvalue weighted by molar-refractivity contribution is 0.156. The van der Waals surface area contributed by atoms with Crippen LogP contribution < -0.4 is 0 Å². The molecule has 3 unspecified atom stereocenters. The second kappa shape index (κ2) is 3.84. The zero-order valence-corrected chi connectivity index (χ0v) is 10.1. The van der Waals surface area contributed by atoms with Gasteiger partial charge in [0.2, 0.25) is 0 Å². The Morgan fingerprint density at radius 3 is 2.71 bits per heavy atom. The van der Waals surface area contributed by atoms with Crippen molar-refractivity contribution in [3.8, 4) is 0 Å². The number of hydrogen-bond donors (Lipinski definition) is 2. The minimum atomic E-state index is -0.448. The standard InChI is InChI=1S/C13H18BNO2/c1-14(17)15-8-11-7-13(11,9-16)12(15)10-5-3-2-4-6-10/h2-6,11-12,16-17H,7-9H2,1H3. The van der Waals surface area contributed by atoms with E-state index in [4.69, 9.17) is 0 Å². The summed E-state index contributed by atoms with van der Waals surface area (Å²) in [5.74, 6) is 0.548. The van der Waals surface area contributed by atoms with E-state index < -0.39 is 7.05 Å². The van der Waals surface area contributed by atoms with Crippen molar-refractivity contribution in [1.82, 2.24) is 4.81 Å². The average molecular weight is 231 g/mol. The van der Waals surface area contributed by atoms with Gasteiger partial charge in [-0.1, -0.05) is 30.3 Å². The van der Waals surface area contributed by atoms with Crippen molar-refractivity contribution < 1.29 is 10.1 Å². The molecular weight excluding hydrogens is 213 g/mol. The van der Waals surface area contributed by atoms with Gasteiger partial charge >= 0.3 is 7.05 Å². The molecule has 3 rings (SSSR count). The lowest BCUT2D eigenvalue weighted by atomic mass is 9.79. The van der Waals surface area contributed by atoms with Gasteiger partial charge in [0.15, 0.2) is 0 Å². The number of rotatable bonds is 3. The van der Waals surface area contributed by atoms with Crippen LogP contribution in [0, 0.1) is 11.3 Å². The zero-order chi connectivity index (χ0) is 12.0. The predicted molar refractivity (Wildman–Crippen MR) is 67.4 cm³/mol. The number of fused-ring (bicyclic) bond motifs is 1. The van der Waals surface area contributed by atoms with Crippen molar-refractivity contribution in [2.45, 2.75) is 19.3 Å². The first-order valence-electron chi connectivity index (χ1n) is 6.28. The highest BCUT2D eigenvalue weighted by molar-refractivity contribution is 6.45. The molecule has 2 N–H and O–H groups in total. The Balaban J connectivity index is 1.98. The smallest absolute Gasteiger partial charge is 0.376 e. The molecule has 90 valence electrons. The van der Waals surface area contributed by atoms with E-state index in [-0.39, 0.29) is 18.1 Å². The van der Waals surface area contributed by atoms with Crippen LogP contribution in [0.25, 0.3) is 0 Å². The van der Waals surface area contributed by atoms with Crippen molar-refractivity contribution in [3.63, 3.8) is 0 Å². The van der Waals surface area contributed by atoms with Crippen molar-refractivity contribution in [2.75, 3.05) is 13.2 Å². The Bertz CT molecular complexity index is 407. The molecule has 1 aliphatic carbocycles. The summed E-state index contributed by atoms with van der Waals surface area (Å²) in [6, 6.07) is 10.4. The second-order valence-electron chi connectivity index (χ2n) is 5.43. The summed E-state index contributed by atoms with van der Waals surface area (Å²) in [4.78, 5) is 2.11. The number of nitrogens with zero attached hydrogens (tertiary/aromatic N) is 1. The summed E-state index contributed by atoms with van der Waals surface area (Å²) < 4.78 is 0. The SMILES string of the molecule is CB(O)N1CC2CC2(CO)C1c1ccccc1. The number of piperidine rings is 1. The fourth-order valence-corrected chi connectivity index (χ4v) is 3.48. The van der Waals surface area contributed by atoms with E-state index in [2.05, 4.69) is 16.9 Å². The van der Waals surface area contributed by atoms with E-state index in [1.807, 2.05) is 25.0 Å². The molecule has 4 heteroatoms. The highest BCUT2D eigenvalue weighted by Crippen LogP contribution is 2.66. The Morgan fingerprint density at radius 2 is 2.12 bits per heavy atom. The number of benzene rings is 1. The van der Waals surface area contributed by atoms with Crippen LogP contribution >= 0.6 is 0 Å². The van der Waals surface area contributed by atoms with Crippen LogP contribution in [0.3, 0.4) is 0 Å². The lowest BCUT2D eigenvalue weighted by Gasteiger charge is -2.32. The first-order chi connectivity index (χ1) is 8.19. The van der Waals surface area contributed by atoms with E-state index in [9.17, 15) is 10.1 Å². The highest BCUT2D eigenvalue weighted by Gasteiger charge is 2.66. The van der Waals surface area contributed by atoms with E-state index in [1.54, 1.807) is 0 Å². The second-order valence-corrected chi connectivity index (χ2v) is 5.43. The third kappa shape index (κ3) is 1.55. The van der Waals surface area contributed by atoms with Crippen molar-refractivity contribution in [3.05, 3.63) is 35.9 Å². The molecule has 0 spiro atoms. The summed E-state index contributed by atoms with van der Waals surface area (Å²) in [6.07, 6.45) is 1.09. The number of aliphatic hydroxyl groups excluding tert-OH is 1. The molecule has 1 aromatic rings. The van der Waals surface area contributed by atoms with Crippen LogP contribution in [0.5, 0.6) is 0 Å². The summed E-state index contributed by atoms with van der Waals surface area (Å²) in [5, 5.41) is 19.6. The van der Waals surface area contributed by atoms with Gasteiger partial charge < -0.3 is 14.9 Å². The molecule has 0 bridgehead atoms. The van der Waals surface area contributed by atoms with E-state index >= 15 is 0 Å². The number of hydrogen-bond acceptors (Lipinski definition) is 3. The molecule has 3 nitrogen and oxygen atoms in total. The Kier molecular flexibility index (Phi) is 2.54. The topological polar surface area (TPSA) is 43.7 Å². The minimum Gasteiger partial charge on any atom is -0.437 e. The summed E-state index contributed by atoms with van der Waals surface area (Å²) in [6.45, 7) is 2.93. The molecule has 1 heterocycles. The van der Waals surface area contributed by atoms with Crippen LogP contribution in [0.4, 0.5) is 0 Å². The third-order valence-electron chi connectivity index (χ3n) is 4.48. The maximum atomic E-state index is 9.88. The van der Waals surface area contributed by atoms with E-state index in [0.717, 1.165) is 13.0 Å². The fourth-order valence-electron chi connectivity index (χ4n) is 3.48. The molecule has 1 aliphatic heterocycles. The Labute approximate surface area is 102 Å². The van der Waals surface area contributed by atoms with Crippen molar-refractivity contribution in [2.24, 2.45) is 11.3 Å². The van der Waals surface area contributed by atoms with E-state index in [0.29, 0.717) is 5.92 Å². The first kappa shape index (κ1) is 11.3. The summed E-state index contributed by atoms with van der Waals surface area (Å²) in [5.41, 5.74) is 1.21. The molecule has 1 aromatic carbocycles. The normalized spacial score (nSPS) is 35.7. The molecular formula is C13H18BNO2. The van der Waals surface area contributed by atoms with Gasteiger partial charge in [0.25, 0.3) is 0 Å². The molecule has 0 radical (unpaired) electrons. The molecule has 3 atom stereocenters.